The topological polar surface area (TPSA) is 32.3 Å². The van der Waals surface area contributed by atoms with Gasteiger partial charge in [-0.25, -0.2) is 8.78 Å². The summed E-state index contributed by atoms with van der Waals surface area (Å²) in [6, 6.07) is 0.0143. The zero-order valence-corrected chi connectivity index (χ0v) is 12.7. The molecule has 1 heterocycles. The first-order valence-corrected chi connectivity index (χ1v) is 7.86. The largest absolute Gasteiger partial charge is 0.341 e. The van der Waals surface area contributed by atoms with E-state index in [1.54, 1.807) is 0 Å². The van der Waals surface area contributed by atoms with Crippen molar-refractivity contribution in [3.8, 4) is 0 Å². The van der Waals surface area contributed by atoms with Gasteiger partial charge in [0.25, 0.3) is 6.43 Å². The van der Waals surface area contributed by atoms with E-state index in [9.17, 15) is 13.6 Å². The first-order chi connectivity index (χ1) is 9.56. The Labute approximate surface area is 121 Å². The van der Waals surface area contributed by atoms with E-state index < -0.39 is 6.43 Å². The highest BCUT2D eigenvalue weighted by Crippen LogP contribution is 2.23. The van der Waals surface area contributed by atoms with Crippen LogP contribution in [0.25, 0.3) is 0 Å². The van der Waals surface area contributed by atoms with Crippen LogP contribution in [-0.4, -0.2) is 42.9 Å². The maximum absolute atomic E-state index is 12.3. The van der Waals surface area contributed by atoms with E-state index in [1.807, 2.05) is 11.8 Å². The van der Waals surface area contributed by atoms with E-state index in [0.717, 1.165) is 38.6 Å². The van der Waals surface area contributed by atoms with Crippen LogP contribution in [0.4, 0.5) is 8.78 Å². The molecule has 5 heteroatoms. The number of likely N-dealkylation sites (tertiary alicyclic amines) is 1. The fraction of sp³-hybridized carbons (Fsp3) is 0.933. The standard InChI is InChI=1S/C15H28F2N2O/c1-3-5-7-12-8-13(18-9-14(16)17)11-19(10-12)15(20)6-4-2/h12-14,18H,3-11H2,1-2H3. The zero-order chi connectivity index (χ0) is 15.0. The fourth-order valence-corrected chi connectivity index (χ4v) is 2.88. The molecule has 118 valence electrons. The number of amides is 1. The highest BCUT2D eigenvalue weighted by Gasteiger charge is 2.29. The molecule has 0 aromatic carbocycles. The lowest BCUT2D eigenvalue weighted by Crippen LogP contribution is -2.52. The van der Waals surface area contributed by atoms with E-state index in [2.05, 4.69) is 12.2 Å². The minimum Gasteiger partial charge on any atom is -0.341 e. The van der Waals surface area contributed by atoms with Crippen LogP contribution in [0.1, 0.15) is 52.4 Å². The molecule has 0 aromatic heterocycles. The third-order valence-electron chi connectivity index (χ3n) is 3.88. The molecule has 0 bridgehead atoms. The van der Waals surface area contributed by atoms with Gasteiger partial charge in [0.2, 0.25) is 5.91 Å². The van der Waals surface area contributed by atoms with Crippen LogP contribution >= 0.6 is 0 Å². The molecule has 0 spiro atoms. The minimum absolute atomic E-state index is 0.0143. The number of carbonyl (C=O) groups excluding carboxylic acids is 1. The van der Waals surface area contributed by atoms with Crippen molar-refractivity contribution < 1.29 is 13.6 Å². The molecule has 1 fully saturated rings. The Morgan fingerprint density at radius 3 is 2.65 bits per heavy atom. The van der Waals surface area contributed by atoms with E-state index in [1.165, 1.54) is 0 Å². The number of nitrogens with zero attached hydrogens (tertiary/aromatic N) is 1. The van der Waals surface area contributed by atoms with Gasteiger partial charge in [-0.15, -0.1) is 0 Å². The lowest BCUT2D eigenvalue weighted by atomic mass is 9.89. The lowest BCUT2D eigenvalue weighted by molar-refractivity contribution is -0.133. The Balaban J connectivity index is 2.54. The molecular weight excluding hydrogens is 262 g/mol. The number of piperidine rings is 1. The minimum atomic E-state index is -2.33. The van der Waals surface area contributed by atoms with Crippen LogP contribution in [0.15, 0.2) is 0 Å². The second-order valence-corrected chi connectivity index (χ2v) is 5.79. The van der Waals surface area contributed by atoms with Gasteiger partial charge in [0.15, 0.2) is 0 Å². The summed E-state index contributed by atoms with van der Waals surface area (Å²) in [4.78, 5) is 13.9. The molecule has 1 aliphatic rings. The Morgan fingerprint density at radius 2 is 2.05 bits per heavy atom. The molecule has 1 rings (SSSR count). The molecule has 1 N–H and O–H groups in total. The predicted octanol–water partition coefficient (Wildman–Crippen LogP) is 3.05. The number of hydrogen-bond acceptors (Lipinski definition) is 2. The normalized spacial score (nSPS) is 23.4. The zero-order valence-electron chi connectivity index (χ0n) is 12.7. The van der Waals surface area contributed by atoms with Gasteiger partial charge in [0, 0.05) is 25.6 Å². The highest BCUT2D eigenvalue weighted by atomic mass is 19.3. The number of unbranched alkanes of at least 4 members (excludes halogenated alkanes) is 1. The third-order valence-corrected chi connectivity index (χ3v) is 3.88. The van der Waals surface area contributed by atoms with E-state index in [4.69, 9.17) is 0 Å². The van der Waals surface area contributed by atoms with Crippen molar-refractivity contribution in [1.82, 2.24) is 10.2 Å². The molecule has 1 saturated heterocycles. The summed E-state index contributed by atoms with van der Waals surface area (Å²) in [6.45, 7) is 5.24. The summed E-state index contributed by atoms with van der Waals surface area (Å²) in [7, 11) is 0. The predicted molar refractivity (Wildman–Crippen MR) is 76.9 cm³/mol. The van der Waals surface area contributed by atoms with Crippen molar-refractivity contribution >= 4 is 5.91 Å². The van der Waals surface area contributed by atoms with Crippen molar-refractivity contribution in [2.45, 2.75) is 64.8 Å². The fourth-order valence-electron chi connectivity index (χ4n) is 2.88. The first-order valence-electron chi connectivity index (χ1n) is 7.86. The van der Waals surface area contributed by atoms with Gasteiger partial charge in [-0.1, -0.05) is 26.7 Å². The molecular formula is C15H28F2N2O. The first kappa shape index (κ1) is 17.3. The van der Waals surface area contributed by atoms with Crippen molar-refractivity contribution in [2.24, 2.45) is 5.92 Å². The SMILES string of the molecule is CCCCC1CC(NCC(F)F)CN(C(=O)CCC)C1. The highest BCUT2D eigenvalue weighted by molar-refractivity contribution is 5.76. The van der Waals surface area contributed by atoms with Gasteiger partial charge >= 0.3 is 0 Å². The second kappa shape index (κ2) is 9.27. The van der Waals surface area contributed by atoms with E-state index >= 15 is 0 Å². The van der Waals surface area contributed by atoms with Gasteiger partial charge in [0.1, 0.15) is 0 Å². The Kier molecular flexibility index (Phi) is 8.04. The average Bonchev–Trinajstić information content (AvgIpc) is 2.43. The molecule has 0 saturated carbocycles. The number of rotatable bonds is 8. The molecule has 3 nitrogen and oxygen atoms in total. The van der Waals surface area contributed by atoms with Gasteiger partial charge < -0.3 is 10.2 Å². The van der Waals surface area contributed by atoms with Gasteiger partial charge in [-0.2, -0.15) is 0 Å². The summed E-state index contributed by atoms with van der Waals surface area (Å²) in [5, 5.41) is 2.91. The molecule has 1 amide bonds. The number of hydrogen-bond donors (Lipinski definition) is 1. The quantitative estimate of drug-likeness (QED) is 0.745. The van der Waals surface area contributed by atoms with Crippen molar-refractivity contribution in [1.29, 1.82) is 0 Å². The van der Waals surface area contributed by atoms with Crippen LogP contribution in [0.3, 0.4) is 0 Å². The number of halogens is 2. The summed E-state index contributed by atoms with van der Waals surface area (Å²) >= 11 is 0. The smallest absolute Gasteiger partial charge is 0.250 e. The summed E-state index contributed by atoms with van der Waals surface area (Å²) < 4.78 is 24.6. The number of alkyl halides is 2. The van der Waals surface area contributed by atoms with Crippen molar-refractivity contribution in [3.05, 3.63) is 0 Å². The molecule has 20 heavy (non-hydrogen) atoms. The van der Waals surface area contributed by atoms with Crippen LogP contribution in [0, 0.1) is 5.92 Å². The van der Waals surface area contributed by atoms with Crippen molar-refractivity contribution in [3.63, 3.8) is 0 Å². The van der Waals surface area contributed by atoms with Crippen LogP contribution in [-0.2, 0) is 4.79 Å². The van der Waals surface area contributed by atoms with E-state index in [0.29, 0.717) is 18.9 Å². The second-order valence-electron chi connectivity index (χ2n) is 5.79. The Bertz CT molecular complexity index is 287. The van der Waals surface area contributed by atoms with Crippen molar-refractivity contribution in [2.75, 3.05) is 19.6 Å². The molecule has 2 unspecified atom stereocenters. The molecule has 0 radical (unpaired) electrons. The van der Waals surface area contributed by atoms with Crippen LogP contribution in [0.5, 0.6) is 0 Å². The monoisotopic (exact) mass is 290 g/mol. The van der Waals surface area contributed by atoms with E-state index in [-0.39, 0.29) is 18.5 Å². The van der Waals surface area contributed by atoms with Gasteiger partial charge in [-0.05, 0) is 25.2 Å². The number of carbonyl (C=O) groups is 1. The van der Waals surface area contributed by atoms with Gasteiger partial charge in [0.05, 0.1) is 6.54 Å². The Hall–Kier alpha value is -0.710. The summed E-state index contributed by atoms with van der Waals surface area (Å²) in [5.74, 6) is 0.609. The maximum atomic E-state index is 12.3. The number of nitrogens with one attached hydrogen (secondary N) is 1. The molecule has 0 aliphatic carbocycles. The molecule has 0 aromatic rings. The van der Waals surface area contributed by atoms with Gasteiger partial charge in [-0.3, -0.25) is 4.79 Å². The molecule has 2 atom stereocenters. The van der Waals surface area contributed by atoms with Crippen LogP contribution < -0.4 is 5.32 Å². The maximum Gasteiger partial charge on any atom is 0.250 e. The Morgan fingerprint density at radius 1 is 1.30 bits per heavy atom. The average molecular weight is 290 g/mol. The summed E-state index contributed by atoms with van der Waals surface area (Å²) in [6.07, 6.45) is 3.33. The third kappa shape index (κ3) is 6.16. The lowest BCUT2D eigenvalue weighted by Gasteiger charge is -2.38. The molecule has 1 aliphatic heterocycles. The van der Waals surface area contributed by atoms with Crippen LogP contribution in [0.2, 0.25) is 0 Å². The summed E-state index contributed by atoms with van der Waals surface area (Å²) in [5.41, 5.74) is 0.